The number of ether oxygens (including phenoxy) is 1. The lowest BCUT2D eigenvalue weighted by Gasteiger charge is -2.13. The van der Waals surface area contributed by atoms with Crippen LogP contribution in [0.15, 0.2) is 18.2 Å². The van der Waals surface area contributed by atoms with Gasteiger partial charge in [0.25, 0.3) is 11.6 Å². The quantitative estimate of drug-likeness (QED) is 0.470. The van der Waals surface area contributed by atoms with Crippen molar-refractivity contribution in [1.82, 2.24) is 4.90 Å². The molecule has 2 amide bonds. The van der Waals surface area contributed by atoms with E-state index < -0.39 is 23.4 Å². The third kappa shape index (κ3) is 3.11. The highest BCUT2D eigenvalue weighted by molar-refractivity contribution is 5.99. The molecular formula is C14H14N2O6. The fraction of sp³-hybridized carbons (Fsp3) is 0.357. The summed E-state index contributed by atoms with van der Waals surface area (Å²) in [4.78, 5) is 46.4. The van der Waals surface area contributed by atoms with Crippen molar-refractivity contribution in [3.8, 4) is 0 Å². The number of rotatable bonds is 4. The van der Waals surface area contributed by atoms with Gasteiger partial charge in [0.2, 0.25) is 5.91 Å². The van der Waals surface area contributed by atoms with Crippen molar-refractivity contribution in [2.45, 2.75) is 19.8 Å². The number of carbonyl (C=O) groups excluding carboxylic acids is 3. The Kier molecular flexibility index (Phi) is 4.50. The molecule has 22 heavy (non-hydrogen) atoms. The molecular weight excluding hydrogens is 292 g/mol. The maximum absolute atomic E-state index is 11.9. The van der Waals surface area contributed by atoms with Gasteiger partial charge in [-0.25, -0.2) is 4.79 Å². The number of imide groups is 1. The van der Waals surface area contributed by atoms with Gasteiger partial charge in [-0.05, 0) is 19.4 Å². The van der Waals surface area contributed by atoms with Crippen LogP contribution in [0.25, 0.3) is 0 Å². The van der Waals surface area contributed by atoms with Gasteiger partial charge in [0.05, 0.1) is 10.5 Å². The summed E-state index contributed by atoms with van der Waals surface area (Å²) in [6.07, 6.45) is 0.909. The monoisotopic (exact) mass is 306 g/mol. The lowest BCUT2D eigenvalue weighted by molar-refractivity contribution is -0.385. The second-order valence-corrected chi connectivity index (χ2v) is 4.83. The van der Waals surface area contributed by atoms with Crippen molar-refractivity contribution in [1.29, 1.82) is 0 Å². The summed E-state index contributed by atoms with van der Waals surface area (Å²) < 4.78 is 4.86. The molecule has 1 saturated heterocycles. The molecule has 1 aliphatic heterocycles. The van der Waals surface area contributed by atoms with Gasteiger partial charge in [-0.15, -0.1) is 0 Å². The second kappa shape index (κ2) is 6.33. The highest BCUT2D eigenvalue weighted by atomic mass is 16.6. The molecule has 1 fully saturated rings. The first kappa shape index (κ1) is 15.6. The molecule has 0 spiro atoms. The fourth-order valence-corrected chi connectivity index (χ4v) is 2.24. The van der Waals surface area contributed by atoms with E-state index in [2.05, 4.69) is 0 Å². The first-order valence-corrected chi connectivity index (χ1v) is 6.66. The lowest BCUT2D eigenvalue weighted by atomic mass is 10.1. The van der Waals surface area contributed by atoms with Crippen LogP contribution in [-0.2, 0) is 14.3 Å². The lowest BCUT2D eigenvalue weighted by Crippen LogP contribution is -2.35. The molecule has 1 heterocycles. The van der Waals surface area contributed by atoms with E-state index in [4.69, 9.17) is 4.74 Å². The molecule has 1 aromatic carbocycles. The predicted molar refractivity (Wildman–Crippen MR) is 74.1 cm³/mol. The zero-order valence-corrected chi connectivity index (χ0v) is 11.9. The molecule has 0 unspecified atom stereocenters. The SMILES string of the molecule is Cc1c(C(=O)OCC(=O)N2CCCC2=O)cccc1[N+](=O)[O-]. The third-order valence-electron chi connectivity index (χ3n) is 3.42. The van der Waals surface area contributed by atoms with Crippen molar-refractivity contribution in [2.75, 3.05) is 13.2 Å². The molecule has 0 aliphatic carbocycles. The van der Waals surface area contributed by atoms with Gasteiger partial charge in [-0.2, -0.15) is 0 Å². The van der Waals surface area contributed by atoms with Crippen LogP contribution >= 0.6 is 0 Å². The van der Waals surface area contributed by atoms with Crippen LogP contribution in [0.5, 0.6) is 0 Å². The maximum Gasteiger partial charge on any atom is 0.339 e. The Morgan fingerprint density at radius 2 is 2.14 bits per heavy atom. The van der Waals surface area contributed by atoms with Crippen molar-refractivity contribution in [3.63, 3.8) is 0 Å². The summed E-state index contributed by atoms with van der Waals surface area (Å²) in [7, 11) is 0. The topological polar surface area (TPSA) is 107 Å². The van der Waals surface area contributed by atoms with Crippen LogP contribution in [0.2, 0.25) is 0 Å². The van der Waals surface area contributed by atoms with Gasteiger partial charge in [-0.1, -0.05) is 6.07 Å². The molecule has 0 saturated carbocycles. The molecule has 1 aromatic rings. The minimum atomic E-state index is -0.832. The van der Waals surface area contributed by atoms with Crippen LogP contribution < -0.4 is 0 Å². The number of nitrogens with zero attached hydrogens (tertiary/aromatic N) is 2. The zero-order valence-electron chi connectivity index (χ0n) is 11.9. The highest BCUT2D eigenvalue weighted by Crippen LogP contribution is 2.21. The Bertz CT molecular complexity index is 655. The number of carbonyl (C=O) groups is 3. The number of hydrogen-bond donors (Lipinski definition) is 0. The molecule has 116 valence electrons. The van der Waals surface area contributed by atoms with Gasteiger partial charge >= 0.3 is 5.97 Å². The summed E-state index contributed by atoms with van der Waals surface area (Å²) in [5, 5.41) is 10.8. The maximum atomic E-state index is 11.9. The summed E-state index contributed by atoms with van der Waals surface area (Å²) in [5.41, 5.74) is -0.00700. The van der Waals surface area contributed by atoms with E-state index in [1.54, 1.807) is 0 Å². The van der Waals surface area contributed by atoms with E-state index in [-0.39, 0.29) is 22.7 Å². The predicted octanol–water partition coefficient (Wildman–Crippen LogP) is 1.21. The van der Waals surface area contributed by atoms with Crippen LogP contribution in [-0.4, -0.2) is 40.8 Å². The van der Waals surface area contributed by atoms with Crippen LogP contribution in [0.4, 0.5) is 5.69 Å². The van der Waals surface area contributed by atoms with E-state index in [1.165, 1.54) is 25.1 Å². The van der Waals surface area contributed by atoms with Gasteiger partial charge in [0.1, 0.15) is 0 Å². The molecule has 0 bridgehead atoms. The number of hydrogen-bond acceptors (Lipinski definition) is 6. The minimum Gasteiger partial charge on any atom is -0.452 e. The van der Waals surface area contributed by atoms with Crippen LogP contribution in [0, 0.1) is 17.0 Å². The molecule has 8 heteroatoms. The van der Waals surface area contributed by atoms with E-state index in [1.807, 2.05) is 0 Å². The Morgan fingerprint density at radius 1 is 1.41 bits per heavy atom. The highest BCUT2D eigenvalue weighted by Gasteiger charge is 2.27. The second-order valence-electron chi connectivity index (χ2n) is 4.83. The summed E-state index contributed by atoms with van der Waals surface area (Å²) in [6, 6.07) is 4.03. The van der Waals surface area contributed by atoms with E-state index >= 15 is 0 Å². The molecule has 0 aromatic heterocycles. The van der Waals surface area contributed by atoms with Gasteiger partial charge < -0.3 is 4.74 Å². The largest absolute Gasteiger partial charge is 0.452 e. The van der Waals surface area contributed by atoms with Crippen molar-refractivity contribution in [3.05, 3.63) is 39.4 Å². The van der Waals surface area contributed by atoms with E-state index in [0.717, 1.165) is 4.90 Å². The van der Waals surface area contributed by atoms with Crippen molar-refractivity contribution < 1.29 is 24.0 Å². The number of likely N-dealkylation sites (tertiary alicyclic amines) is 1. The Labute approximate surface area is 125 Å². The molecule has 0 N–H and O–H groups in total. The van der Waals surface area contributed by atoms with Crippen LogP contribution in [0.1, 0.15) is 28.8 Å². The molecule has 2 rings (SSSR count). The van der Waals surface area contributed by atoms with Gasteiger partial charge in [-0.3, -0.25) is 24.6 Å². The normalized spacial score (nSPS) is 14.0. The molecule has 8 nitrogen and oxygen atoms in total. The Morgan fingerprint density at radius 3 is 2.73 bits per heavy atom. The zero-order chi connectivity index (χ0) is 16.3. The first-order valence-electron chi connectivity index (χ1n) is 6.66. The molecule has 0 radical (unpaired) electrons. The number of nitro benzene ring substituents is 1. The van der Waals surface area contributed by atoms with Gasteiger partial charge in [0, 0.05) is 24.6 Å². The Balaban J connectivity index is 2.04. The molecule has 1 aliphatic rings. The average Bonchev–Trinajstić information content (AvgIpc) is 2.90. The van der Waals surface area contributed by atoms with E-state index in [9.17, 15) is 24.5 Å². The summed E-state index contributed by atoms with van der Waals surface area (Å²) in [5.74, 6) is -1.70. The number of nitro groups is 1. The number of amides is 2. The smallest absolute Gasteiger partial charge is 0.339 e. The number of esters is 1. The van der Waals surface area contributed by atoms with Gasteiger partial charge in [0.15, 0.2) is 6.61 Å². The summed E-state index contributed by atoms with van der Waals surface area (Å²) >= 11 is 0. The minimum absolute atomic E-state index is 0.0229. The standard InChI is InChI=1S/C14H14N2O6/c1-9-10(4-2-5-11(9)16(20)21)14(19)22-8-13(18)15-7-3-6-12(15)17/h2,4-5H,3,6-8H2,1H3. The summed E-state index contributed by atoms with van der Waals surface area (Å²) in [6.45, 7) is 1.19. The number of benzene rings is 1. The van der Waals surface area contributed by atoms with E-state index in [0.29, 0.717) is 19.4 Å². The third-order valence-corrected chi connectivity index (χ3v) is 3.42. The van der Waals surface area contributed by atoms with Crippen molar-refractivity contribution in [2.24, 2.45) is 0 Å². The van der Waals surface area contributed by atoms with Crippen LogP contribution in [0.3, 0.4) is 0 Å². The molecule has 0 atom stereocenters. The van der Waals surface area contributed by atoms with Crippen molar-refractivity contribution >= 4 is 23.5 Å². The Hall–Kier alpha value is -2.77. The average molecular weight is 306 g/mol. The first-order chi connectivity index (χ1) is 10.4. The fourth-order valence-electron chi connectivity index (χ4n) is 2.24.